The highest BCUT2D eigenvalue weighted by Crippen LogP contribution is 2.23. The highest BCUT2D eigenvalue weighted by molar-refractivity contribution is 5.94. The Kier molecular flexibility index (Phi) is 4.40. The number of aryl methyl sites for hydroxylation is 1. The van der Waals surface area contributed by atoms with Gasteiger partial charge >= 0.3 is 0 Å². The number of nitrogens with zero attached hydrogens (tertiary/aromatic N) is 5. The van der Waals surface area contributed by atoms with Crippen LogP contribution in [0, 0.1) is 0 Å². The Morgan fingerprint density at radius 3 is 2.40 bits per heavy atom. The van der Waals surface area contributed by atoms with Gasteiger partial charge in [-0.25, -0.2) is 9.97 Å². The molecule has 0 aliphatic carbocycles. The van der Waals surface area contributed by atoms with Crippen molar-refractivity contribution >= 4 is 11.9 Å². The number of hydrogen-bond donors (Lipinski definition) is 0. The third-order valence-electron chi connectivity index (χ3n) is 4.88. The average Bonchev–Trinajstić information content (AvgIpc) is 3.32. The molecule has 25 heavy (non-hydrogen) atoms. The predicted molar refractivity (Wildman–Crippen MR) is 94.6 cm³/mol. The van der Waals surface area contributed by atoms with Gasteiger partial charge < -0.3 is 19.1 Å². The van der Waals surface area contributed by atoms with Crippen LogP contribution in [0.25, 0.3) is 11.1 Å². The van der Waals surface area contributed by atoms with Crippen LogP contribution in [0.15, 0.2) is 24.7 Å². The molecule has 1 amide bonds. The molecule has 2 saturated heterocycles. The monoisotopic (exact) mass is 341 g/mol. The molecule has 132 valence electrons. The second kappa shape index (κ2) is 6.84. The number of morpholine rings is 1. The molecule has 7 heteroatoms. The molecule has 2 aromatic heterocycles. The van der Waals surface area contributed by atoms with Crippen molar-refractivity contribution in [2.24, 2.45) is 7.05 Å². The van der Waals surface area contributed by atoms with Crippen LogP contribution in [0.2, 0.25) is 0 Å². The molecule has 0 saturated carbocycles. The summed E-state index contributed by atoms with van der Waals surface area (Å²) in [4.78, 5) is 25.7. The number of carbonyl (C=O) groups is 1. The molecular weight excluding hydrogens is 318 g/mol. The van der Waals surface area contributed by atoms with Crippen molar-refractivity contribution in [1.82, 2.24) is 19.4 Å². The summed E-state index contributed by atoms with van der Waals surface area (Å²) in [6.07, 6.45) is 7.82. The Morgan fingerprint density at radius 2 is 1.72 bits per heavy atom. The van der Waals surface area contributed by atoms with Crippen molar-refractivity contribution in [1.29, 1.82) is 0 Å². The molecular formula is C18H23N5O2. The van der Waals surface area contributed by atoms with Crippen LogP contribution in [0.4, 0.5) is 5.95 Å². The van der Waals surface area contributed by atoms with E-state index in [-0.39, 0.29) is 5.91 Å². The zero-order valence-electron chi connectivity index (χ0n) is 14.5. The maximum atomic E-state index is 12.6. The Balaban J connectivity index is 1.53. The molecule has 0 aromatic carbocycles. The molecule has 4 rings (SSSR count). The fourth-order valence-electron chi connectivity index (χ4n) is 3.41. The van der Waals surface area contributed by atoms with Gasteiger partial charge in [-0.2, -0.15) is 0 Å². The Labute approximate surface area is 147 Å². The van der Waals surface area contributed by atoms with Gasteiger partial charge in [0.25, 0.3) is 5.91 Å². The van der Waals surface area contributed by atoms with E-state index >= 15 is 0 Å². The van der Waals surface area contributed by atoms with E-state index in [1.54, 1.807) is 0 Å². The summed E-state index contributed by atoms with van der Waals surface area (Å²) in [7, 11) is 1.91. The lowest BCUT2D eigenvalue weighted by molar-refractivity contribution is 0.0783. The van der Waals surface area contributed by atoms with Gasteiger partial charge in [-0.3, -0.25) is 4.79 Å². The first-order chi connectivity index (χ1) is 12.2. The molecule has 2 aromatic rings. The fraction of sp³-hybridized carbons (Fsp3) is 0.500. The van der Waals surface area contributed by atoms with Gasteiger partial charge in [0, 0.05) is 62.9 Å². The van der Waals surface area contributed by atoms with Gasteiger partial charge in [-0.1, -0.05) is 0 Å². The van der Waals surface area contributed by atoms with Crippen LogP contribution in [0.5, 0.6) is 0 Å². The van der Waals surface area contributed by atoms with Gasteiger partial charge in [0.2, 0.25) is 5.95 Å². The number of likely N-dealkylation sites (tertiary alicyclic amines) is 1. The standard InChI is InChI=1S/C18H23N5O2/c1-21-13-14(10-16(21)17(24)22-4-2-3-5-22)15-11-19-18(20-12-15)23-6-8-25-9-7-23/h10-13H,2-9H2,1H3. The molecule has 0 spiro atoms. The van der Waals surface area contributed by atoms with Gasteiger partial charge in [0.1, 0.15) is 5.69 Å². The summed E-state index contributed by atoms with van der Waals surface area (Å²) in [5.41, 5.74) is 2.61. The van der Waals surface area contributed by atoms with E-state index in [2.05, 4.69) is 14.9 Å². The number of ether oxygens (including phenoxy) is 1. The first kappa shape index (κ1) is 16.1. The minimum atomic E-state index is 0.108. The second-order valence-electron chi connectivity index (χ2n) is 6.60. The molecule has 2 fully saturated rings. The highest BCUT2D eigenvalue weighted by Gasteiger charge is 2.22. The van der Waals surface area contributed by atoms with Crippen molar-refractivity contribution < 1.29 is 9.53 Å². The number of rotatable bonds is 3. The zero-order chi connectivity index (χ0) is 17.2. The Hall–Kier alpha value is -2.41. The van der Waals surface area contributed by atoms with E-state index in [1.165, 1.54) is 0 Å². The number of hydrogen-bond acceptors (Lipinski definition) is 5. The van der Waals surface area contributed by atoms with Gasteiger partial charge in [-0.15, -0.1) is 0 Å². The van der Waals surface area contributed by atoms with Crippen LogP contribution in [0.3, 0.4) is 0 Å². The van der Waals surface area contributed by atoms with Gasteiger partial charge in [0.05, 0.1) is 13.2 Å². The van der Waals surface area contributed by atoms with Crippen LogP contribution in [0.1, 0.15) is 23.3 Å². The molecule has 2 aliphatic heterocycles. The van der Waals surface area contributed by atoms with Crippen LogP contribution < -0.4 is 4.90 Å². The van der Waals surface area contributed by atoms with Crippen molar-refractivity contribution in [3.05, 3.63) is 30.4 Å². The summed E-state index contributed by atoms with van der Waals surface area (Å²) in [5.74, 6) is 0.841. The summed E-state index contributed by atoms with van der Waals surface area (Å²) >= 11 is 0. The lowest BCUT2D eigenvalue weighted by atomic mass is 10.2. The quantitative estimate of drug-likeness (QED) is 0.848. The number of anilines is 1. The van der Waals surface area contributed by atoms with E-state index in [0.29, 0.717) is 18.9 Å². The van der Waals surface area contributed by atoms with E-state index in [0.717, 1.165) is 56.1 Å². The summed E-state index contributed by atoms with van der Waals surface area (Å²) < 4.78 is 7.25. The van der Waals surface area contributed by atoms with E-state index in [1.807, 2.05) is 41.2 Å². The smallest absolute Gasteiger partial charge is 0.270 e. The molecule has 7 nitrogen and oxygen atoms in total. The molecule has 0 unspecified atom stereocenters. The Morgan fingerprint density at radius 1 is 1.04 bits per heavy atom. The SMILES string of the molecule is Cn1cc(-c2cnc(N3CCOCC3)nc2)cc1C(=O)N1CCCC1. The number of amides is 1. The third kappa shape index (κ3) is 3.24. The van der Waals surface area contributed by atoms with E-state index in [4.69, 9.17) is 4.74 Å². The summed E-state index contributed by atoms with van der Waals surface area (Å²) in [6.45, 7) is 4.78. The largest absolute Gasteiger partial charge is 0.378 e. The topological polar surface area (TPSA) is 63.5 Å². The van der Waals surface area contributed by atoms with Crippen LogP contribution in [-0.4, -0.2) is 64.7 Å². The first-order valence-corrected chi connectivity index (χ1v) is 8.83. The minimum absolute atomic E-state index is 0.108. The third-order valence-corrected chi connectivity index (χ3v) is 4.88. The predicted octanol–water partition coefficient (Wildman–Crippen LogP) is 1.55. The fourth-order valence-corrected chi connectivity index (χ4v) is 3.41. The van der Waals surface area contributed by atoms with Gasteiger partial charge in [-0.05, 0) is 18.9 Å². The van der Waals surface area contributed by atoms with Crippen molar-refractivity contribution in [2.75, 3.05) is 44.3 Å². The van der Waals surface area contributed by atoms with Crippen molar-refractivity contribution in [2.45, 2.75) is 12.8 Å². The molecule has 0 bridgehead atoms. The van der Waals surface area contributed by atoms with Gasteiger partial charge in [0.15, 0.2) is 0 Å². The van der Waals surface area contributed by atoms with E-state index < -0.39 is 0 Å². The normalized spacial score (nSPS) is 18.0. The Bertz CT molecular complexity index is 743. The maximum absolute atomic E-state index is 12.6. The number of aromatic nitrogens is 3. The molecule has 4 heterocycles. The molecule has 0 atom stereocenters. The zero-order valence-corrected chi connectivity index (χ0v) is 14.5. The average molecular weight is 341 g/mol. The summed E-state index contributed by atoms with van der Waals surface area (Å²) in [6, 6.07) is 1.94. The molecule has 2 aliphatic rings. The van der Waals surface area contributed by atoms with Crippen LogP contribution in [-0.2, 0) is 11.8 Å². The van der Waals surface area contributed by atoms with E-state index in [9.17, 15) is 4.79 Å². The number of carbonyl (C=O) groups excluding carboxylic acids is 1. The molecule has 0 N–H and O–H groups in total. The highest BCUT2D eigenvalue weighted by atomic mass is 16.5. The summed E-state index contributed by atoms with van der Waals surface area (Å²) in [5, 5.41) is 0. The maximum Gasteiger partial charge on any atom is 0.270 e. The lowest BCUT2D eigenvalue weighted by Crippen LogP contribution is -2.37. The second-order valence-corrected chi connectivity index (χ2v) is 6.60. The van der Waals surface area contributed by atoms with Crippen LogP contribution >= 0.6 is 0 Å². The molecule has 0 radical (unpaired) electrons. The van der Waals surface area contributed by atoms with Crippen molar-refractivity contribution in [3.63, 3.8) is 0 Å². The minimum Gasteiger partial charge on any atom is -0.378 e. The first-order valence-electron chi connectivity index (χ1n) is 8.83. The lowest BCUT2D eigenvalue weighted by Gasteiger charge is -2.26. The van der Waals surface area contributed by atoms with Crippen molar-refractivity contribution in [3.8, 4) is 11.1 Å².